The zero-order valence-electron chi connectivity index (χ0n) is 15.1. The first-order chi connectivity index (χ1) is 12.5. The van der Waals surface area contributed by atoms with Crippen LogP contribution in [-0.2, 0) is 16.1 Å². The monoisotopic (exact) mass is 352 g/mol. The van der Waals surface area contributed by atoms with Gasteiger partial charge in [0.1, 0.15) is 5.75 Å². The summed E-state index contributed by atoms with van der Waals surface area (Å²) >= 11 is 0. The van der Waals surface area contributed by atoms with E-state index in [0.717, 1.165) is 5.69 Å². The quantitative estimate of drug-likeness (QED) is 0.868. The molecule has 2 aromatic carbocycles. The minimum atomic E-state index is -0.379. The number of carbonyl (C=O) groups is 2. The van der Waals surface area contributed by atoms with Gasteiger partial charge in [-0.1, -0.05) is 44.2 Å². The van der Waals surface area contributed by atoms with E-state index in [2.05, 4.69) is 19.2 Å². The minimum absolute atomic E-state index is 0.0337. The van der Waals surface area contributed by atoms with Gasteiger partial charge in [-0.3, -0.25) is 9.59 Å². The Bertz CT molecular complexity index is 816. The largest absolute Gasteiger partial charge is 0.508 e. The van der Waals surface area contributed by atoms with Crippen molar-refractivity contribution in [1.82, 2.24) is 5.32 Å². The third-order valence-corrected chi connectivity index (χ3v) is 4.79. The third-order valence-electron chi connectivity index (χ3n) is 4.79. The fourth-order valence-electron chi connectivity index (χ4n) is 3.17. The van der Waals surface area contributed by atoms with E-state index in [4.69, 9.17) is 0 Å². The SMILES string of the molecule is CC(C)c1cccc(N2CC(C(=O)NCc3ccccc3O)CC2=O)c1. The van der Waals surface area contributed by atoms with Gasteiger partial charge in [-0.25, -0.2) is 0 Å². The Hall–Kier alpha value is -2.82. The van der Waals surface area contributed by atoms with Crippen LogP contribution in [0.15, 0.2) is 48.5 Å². The van der Waals surface area contributed by atoms with Crippen LogP contribution in [0.5, 0.6) is 5.75 Å². The van der Waals surface area contributed by atoms with Crippen LogP contribution < -0.4 is 10.2 Å². The highest BCUT2D eigenvalue weighted by Crippen LogP contribution is 2.28. The van der Waals surface area contributed by atoms with E-state index in [0.29, 0.717) is 18.0 Å². The summed E-state index contributed by atoms with van der Waals surface area (Å²) in [5.74, 6) is -0.0403. The zero-order chi connectivity index (χ0) is 18.7. The molecule has 26 heavy (non-hydrogen) atoms. The fraction of sp³-hybridized carbons (Fsp3) is 0.333. The lowest BCUT2D eigenvalue weighted by atomic mass is 10.0. The Morgan fingerprint density at radius 3 is 2.73 bits per heavy atom. The molecule has 0 radical (unpaired) electrons. The van der Waals surface area contributed by atoms with E-state index in [-0.39, 0.29) is 36.4 Å². The molecule has 1 unspecified atom stereocenters. The maximum Gasteiger partial charge on any atom is 0.227 e. The topological polar surface area (TPSA) is 69.6 Å². The van der Waals surface area contributed by atoms with Crippen LogP contribution in [0.1, 0.15) is 37.3 Å². The normalized spacial score (nSPS) is 17.0. The van der Waals surface area contributed by atoms with Crippen LogP contribution in [0.3, 0.4) is 0 Å². The van der Waals surface area contributed by atoms with Gasteiger partial charge in [0, 0.05) is 30.8 Å². The summed E-state index contributed by atoms with van der Waals surface area (Å²) in [5, 5.41) is 12.6. The maximum absolute atomic E-state index is 12.5. The molecule has 1 atom stereocenters. The van der Waals surface area contributed by atoms with Crippen LogP contribution >= 0.6 is 0 Å². The first kappa shape index (κ1) is 18.0. The molecule has 1 aliphatic rings. The number of amides is 2. The molecule has 1 aliphatic heterocycles. The van der Waals surface area contributed by atoms with E-state index in [1.807, 2.05) is 30.3 Å². The van der Waals surface area contributed by atoms with Crippen LogP contribution in [-0.4, -0.2) is 23.5 Å². The number of nitrogens with one attached hydrogen (secondary N) is 1. The molecule has 0 spiro atoms. The predicted octanol–water partition coefficient (Wildman–Crippen LogP) is 3.18. The Morgan fingerprint density at radius 1 is 1.23 bits per heavy atom. The number of anilines is 1. The molecule has 0 saturated carbocycles. The van der Waals surface area contributed by atoms with Gasteiger partial charge in [0.05, 0.1) is 5.92 Å². The van der Waals surface area contributed by atoms with Gasteiger partial charge in [-0.2, -0.15) is 0 Å². The van der Waals surface area contributed by atoms with E-state index in [9.17, 15) is 14.7 Å². The number of para-hydroxylation sites is 1. The molecule has 0 aliphatic carbocycles. The number of benzene rings is 2. The van der Waals surface area contributed by atoms with Crippen LogP contribution in [0.25, 0.3) is 0 Å². The van der Waals surface area contributed by atoms with Crippen molar-refractivity contribution in [2.75, 3.05) is 11.4 Å². The first-order valence-electron chi connectivity index (χ1n) is 8.90. The average Bonchev–Trinajstić information content (AvgIpc) is 3.03. The highest BCUT2D eigenvalue weighted by atomic mass is 16.3. The van der Waals surface area contributed by atoms with Gasteiger partial charge in [-0.05, 0) is 29.7 Å². The zero-order valence-corrected chi connectivity index (χ0v) is 15.1. The molecule has 1 fully saturated rings. The average molecular weight is 352 g/mol. The second kappa shape index (κ2) is 7.60. The molecular weight excluding hydrogens is 328 g/mol. The standard InChI is InChI=1S/C21H24N2O3/c1-14(2)15-7-5-8-18(10-15)23-13-17(11-20(23)25)21(26)22-12-16-6-3-4-9-19(16)24/h3-10,14,17,24H,11-13H2,1-2H3,(H,22,26). The summed E-state index contributed by atoms with van der Waals surface area (Å²) in [6.07, 6.45) is 0.207. The van der Waals surface area contributed by atoms with E-state index >= 15 is 0 Å². The summed E-state index contributed by atoms with van der Waals surface area (Å²) in [7, 11) is 0. The van der Waals surface area contributed by atoms with Crippen LogP contribution in [0.2, 0.25) is 0 Å². The van der Waals surface area contributed by atoms with Crippen molar-refractivity contribution < 1.29 is 14.7 Å². The molecule has 0 bridgehead atoms. The lowest BCUT2D eigenvalue weighted by Gasteiger charge is -2.18. The van der Waals surface area contributed by atoms with Gasteiger partial charge < -0.3 is 15.3 Å². The van der Waals surface area contributed by atoms with E-state index < -0.39 is 0 Å². The lowest BCUT2D eigenvalue weighted by molar-refractivity contribution is -0.126. The number of carbonyl (C=O) groups excluding carboxylic acids is 2. The Kier molecular flexibility index (Phi) is 5.26. The number of phenolic OH excluding ortho intramolecular Hbond substituents is 1. The van der Waals surface area contributed by atoms with Crippen molar-refractivity contribution >= 4 is 17.5 Å². The second-order valence-corrected chi connectivity index (χ2v) is 7.00. The first-order valence-corrected chi connectivity index (χ1v) is 8.90. The fourth-order valence-corrected chi connectivity index (χ4v) is 3.17. The number of nitrogens with zero attached hydrogens (tertiary/aromatic N) is 1. The Labute approximate surface area is 153 Å². The molecule has 1 saturated heterocycles. The van der Waals surface area contributed by atoms with Crippen molar-refractivity contribution in [2.24, 2.45) is 5.92 Å². The molecule has 2 aromatic rings. The molecule has 3 rings (SSSR count). The number of phenols is 1. The van der Waals surface area contributed by atoms with Crippen molar-refractivity contribution in [2.45, 2.75) is 32.7 Å². The predicted molar refractivity (Wildman–Crippen MR) is 101 cm³/mol. The van der Waals surface area contributed by atoms with E-state index in [1.54, 1.807) is 23.1 Å². The maximum atomic E-state index is 12.5. The minimum Gasteiger partial charge on any atom is -0.508 e. The summed E-state index contributed by atoms with van der Waals surface area (Å²) in [6.45, 7) is 4.85. The summed E-state index contributed by atoms with van der Waals surface area (Å²) in [5.41, 5.74) is 2.67. The molecule has 5 heteroatoms. The summed E-state index contributed by atoms with van der Waals surface area (Å²) in [4.78, 5) is 26.6. The smallest absolute Gasteiger partial charge is 0.227 e. The number of hydrogen-bond acceptors (Lipinski definition) is 3. The van der Waals surface area contributed by atoms with Gasteiger partial charge in [0.15, 0.2) is 0 Å². The third kappa shape index (κ3) is 3.87. The molecule has 2 N–H and O–H groups in total. The molecular formula is C21H24N2O3. The molecule has 1 heterocycles. The highest BCUT2D eigenvalue weighted by Gasteiger charge is 2.35. The Morgan fingerprint density at radius 2 is 2.00 bits per heavy atom. The number of rotatable bonds is 5. The van der Waals surface area contributed by atoms with Crippen molar-refractivity contribution in [3.63, 3.8) is 0 Å². The van der Waals surface area contributed by atoms with E-state index in [1.165, 1.54) is 5.56 Å². The summed E-state index contributed by atoms with van der Waals surface area (Å²) in [6, 6.07) is 14.8. The van der Waals surface area contributed by atoms with Crippen LogP contribution in [0, 0.1) is 5.92 Å². The van der Waals surface area contributed by atoms with Gasteiger partial charge >= 0.3 is 0 Å². The second-order valence-electron chi connectivity index (χ2n) is 7.00. The summed E-state index contributed by atoms with van der Waals surface area (Å²) < 4.78 is 0. The lowest BCUT2D eigenvalue weighted by Crippen LogP contribution is -2.32. The highest BCUT2D eigenvalue weighted by molar-refractivity contribution is 6.00. The number of aromatic hydroxyl groups is 1. The van der Waals surface area contributed by atoms with Crippen LogP contribution in [0.4, 0.5) is 5.69 Å². The van der Waals surface area contributed by atoms with Gasteiger partial charge in [0.25, 0.3) is 0 Å². The van der Waals surface area contributed by atoms with Crippen molar-refractivity contribution in [3.05, 3.63) is 59.7 Å². The molecule has 136 valence electrons. The molecule has 2 amide bonds. The van der Waals surface area contributed by atoms with Crippen molar-refractivity contribution in [3.8, 4) is 5.75 Å². The van der Waals surface area contributed by atoms with Gasteiger partial charge in [0.2, 0.25) is 11.8 Å². The van der Waals surface area contributed by atoms with Gasteiger partial charge in [-0.15, -0.1) is 0 Å². The Balaban J connectivity index is 1.65. The van der Waals surface area contributed by atoms with Crippen molar-refractivity contribution in [1.29, 1.82) is 0 Å². The molecule has 0 aromatic heterocycles. The number of hydrogen-bond donors (Lipinski definition) is 2. The molecule has 5 nitrogen and oxygen atoms in total.